The molecule has 2 N–H and O–H groups in total. The maximum absolute atomic E-state index is 12.8. The Morgan fingerprint density at radius 3 is 2.48 bits per heavy atom. The molecular weight excluding hydrogens is 346 g/mol. The smallest absolute Gasteiger partial charge is 0.254 e. The molecule has 2 fully saturated rings. The zero-order valence-corrected chi connectivity index (χ0v) is 15.6. The van der Waals surface area contributed by atoms with Crippen LogP contribution in [-0.4, -0.2) is 101 Å². The van der Waals surface area contributed by atoms with Crippen molar-refractivity contribution in [1.29, 1.82) is 0 Å². The van der Waals surface area contributed by atoms with Gasteiger partial charge in [-0.05, 0) is 18.2 Å². The number of imidazole rings is 1. The number of fused-ring (bicyclic) bond motifs is 1. The minimum absolute atomic E-state index is 0.0601. The van der Waals surface area contributed by atoms with E-state index in [1.54, 1.807) is 0 Å². The minimum Gasteiger partial charge on any atom is -0.388 e. The second-order valence-electron chi connectivity index (χ2n) is 7.16. The monoisotopic (exact) mass is 373 g/mol. The number of carbonyl (C=O) groups excluding carboxylic acids is 1. The van der Waals surface area contributed by atoms with E-state index in [1.165, 1.54) is 0 Å². The molecule has 2 aliphatic heterocycles. The van der Waals surface area contributed by atoms with Gasteiger partial charge in [0.05, 0.1) is 24.2 Å². The van der Waals surface area contributed by atoms with Crippen LogP contribution in [0.4, 0.5) is 0 Å². The number of aliphatic hydroxyl groups excluding tert-OH is 1. The number of H-pyrrole nitrogens is 1. The number of nitrogens with one attached hydrogen (secondary N) is 1. The third-order valence-corrected chi connectivity index (χ3v) is 5.42. The average Bonchev–Trinajstić information content (AvgIpc) is 3.15. The SMILES string of the molecule is O=C(c1ccc2nc(CO)[nH]c2c1)N1CCN(CCN2CCOCC2)CC1. The zero-order chi connectivity index (χ0) is 18.6. The molecule has 4 rings (SSSR count). The molecule has 2 saturated heterocycles. The van der Waals surface area contributed by atoms with E-state index < -0.39 is 0 Å². The molecule has 3 heterocycles. The van der Waals surface area contributed by atoms with Crippen LogP contribution < -0.4 is 0 Å². The van der Waals surface area contributed by atoms with E-state index in [-0.39, 0.29) is 12.5 Å². The van der Waals surface area contributed by atoms with Crippen LogP contribution in [0.1, 0.15) is 16.2 Å². The number of aromatic nitrogens is 2. The number of rotatable bonds is 5. The van der Waals surface area contributed by atoms with Crippen LogP contribution in [0.2, 0.25) is 0 Å². The van der Waals surface area contributed by atoms with Crippen molar-refractivity contribution in [2.24, 2.45) is 0 Å². The van der Waals surface area contributed by atoms with Gasteiger partial charge in [-0.1, -0.05) is 0 Å². The Hall–Kier alpha value is -2.00. The molecule has 0 aliphatic carbocycles. The highest BCUT2D eigenvalue weighted by Gasteiger charge is 2.23. The van der Waals surface area contributed by atoms with Gasteiger partial charge in [0.1, 0.15) is 12.4 Å². The average molecular weight is 373 g/mol. The topological polar surface area (TPSA) is 84.9 Å². The van der Waals surface area contributed by atoms with Crippen LogP contribution in [0.3, 0.4) is 0 Å². The van der Waals surface area contributed by atoms with Gasteiger partial charge >= 0.3 is 0 Å². The van der Waals surface area contributed by atoms with Crippen molar-refractivity contribution < 1.29 is 14.6 Å². The number of benzene rings is 1. The number of piperazine rings is 1. The third kappa shape index (κ3) is 4.30. The zero-order valence-electron chi connectivity index (χ0n) is 15.6. The molecule has 0 unspecified atom stereocenters. The number of hydrogen-bond acceptors (Lipinski definition) is 6. The number of aromatic amines is 1. The summed E-state index contributed by atoms with van der Waals surface area (Å²) in [5.41, 5.74) is 2.22. The molecule has 2 aromatic rings. The highest BCUT2D eigenvalue weighted by atomic mass is 16.5. The van der Waals surface area contributed by atoms with Gasteiger partial charge in [0.15, 0.2) is 0 Å². The van der Waals surface area contributed by atoms with Crippen LogP contribution in [0.15, 0.2) is 18.2 Å². The summed E-state index contributed by atoms with van der Waals surface area (Å²) in [4.78, 5) is 26.9. The van der Waals surface area contributed by atoms with E-state index >= 15 is 0 Å². The van der Waals surface area contributed by atoms with Gasteiger partial charge < -0.3 is 19.7 Å². The Morgan fingerprint density at radius 2 is 1.78 bits per heavy atom. The highest BCUT2D eigenvalue weighted by molar-refractivity contribution is 5.97. The van der Waals surface area contributed by atoms with Crippen LogP contribution in [0, 0.1) is 0 Å². The number of amides is 1. The normalized spacial score (nSPS) is 19.7. The van der Waals surface area contributed by atoms with Gasteiger partial charge in [0.2, 0.25) is 0 Å². The van der Waals surface area contributed by atoms with Crippen molar-refractivity contribution in [2.75, 3.05) is 65.6 Å². The molecule has 2 aliphatic rings. The fraction of sp³-hybridized carbons (Fsp3) is 0.579. The molecule has 0 radical (unpaired) electrons. The van der Waals surface area contributed by atoms with Crippen LogP contribution >= 0.6 is 0 Å². The van der Waals surface area contributed by atoms with Crippen molar-refractivity contribution in [3.8, 4) is 0 Å². The van der Waals surface area contributed by atoms with Crippen molar-refractivity contribution in [1.82, 2.24) is 24.7 Å². The molecule has 0 bridgehead atoms. The second-order valence-corrected chi connectivity index (χ2v) is 7.16. The van der Waals surface area contributed by atoms with Crippen molar-refractivity contribution in [3.05, 3.63) is 29.6 Å². The molecule has 146 valence electrons. The Balaban J connectivity index is 1.30. The predicted molar refractivity (Wildman–Crippen MR) is 102 cm³/mol. The maximum atomic E-state index is 12.8. The summed E-state index contributed by atoms with van der Waals surface area (Å²) in [6.07, 6.45) is 0. The van der Waals surface area contributed by atoms with Crippen LogP contribution in [0.25, 0.3) is 11.0 Å². The maximum Gasteiger partial charge on any atom is 0.254 e. The van der Waals surface area contributed by atoms with E-state index in [4.69, 9.17) is 4.74 Å². The summed E-state index contributed by atoms with van der Waals surface area (Å²) < 4.78 is 5.39. The van der Waals surface area contributed by atoms with Crippen LogP contribution in [0.5, 0.6) is 0 Å². The minimum atomic E-state index is -0.135. The molecule has 27 heavy (non-hydrogen) atoms. The van der Waals surface area contributed by atoms with Gasteiger partial charge in [-0.3, -0.25) is 14.6 Å². The van der Waals surface area contributed by atoms with Gasteiger partial charge in [0.25, 0.3) is 5.91 Å². The van der Waals surface area contributed by atoms with E-state index in [1.807, 2.05) is 23.1 Å². The Kier molecular flexibility index (Phi) is 5.68. The number of carbonyl (C=O) groups is 1. The van der Waals surface area contributed by atoms with Crippen molar-refractivity contribution >= 4 is 16.9 Å². The van der Waals surface area contributed by atoms with Crippen molar-refractivity contribution in [2.45, 2.75) is 6.61 Å². The summed E-state index contributed by atoms with van der Waals surface area (Å²) >= 11 is 0. The largest absolute Gasteiger partial charge is 0.388 e. The Morgan fingerprint density at radius 1 is 1.07 bits per heavy atom. The lowest BCUT2D eigenvalue weighted by Gasteiger charge is -2.36. The molecule has 1 aromatic heterocycles. The molecule has 0 atom stereocenters. The number of hydrogen-bond donors (Lipinski definition) is 2. The molecule has 1 aromatic carbocycles. The second kappa shape index (κ2) is 8.35. The van der Waals surface area contributed by atoms with Gasteiger partial charge in [-0.15, -0.1) is 0 Å². The fourth-order valence-electron chi connectivity index (χ4n) is 3.74. The summed E-state index contributed by atoms with van der Waals surface area (Å²) in [7, 11) is 0. The summed E-state index contributed by atoms with van der Waals surface area (Å²) in [6.45, 7) is 9.03. The number of morpholine rings is 1. The molecular formula is C19H27N5O3. The lowest BCUT2D eigenvalue weighted by molar-refractivity contribution is 0.0293. The first-order chi connectivity index (χ1) is 13.2. The molecule has 8 nitrogen and oxygen atoms in total. The lowest BCUT2D eigenvalue weighted by Crippen LogP contribution is -2.51. The third-order valence-electron chi connectivity index (χ3n) is 5.42. The van der Waals surface area contributed by atoms with Gasteiger partial charge in [0, 0.05) is 57.9 Å². The first-order valence-electron chi connectivity index (χ1n) is 9.64. The molecule has 1 amide bonds. The summed E-state index contributed by atoms with van der Waals surface area (Å²) in [5, 5.41) is 9.19. The standard InChI is InChI=1S/C19H27N5O3/c25-14-18-20-16-2-1-15(13-17(16)21-18)19(26)24-7-5-22(6-8-24)3-4-23-9-11-27-12-10-23/h1-2,13,25H,3-12,14H2,(H,20,21). The Labute approximate surface area is 158 Å². The quantitative estimate of drug-likeness (QED) is 0.776. The van der Waals surface area contributed by atoms with Gasteiger partial charge in [-0.25, -0.2) is 4.98 Å². The van der Waals surface area contributed by atoms with Crippen LogP contribution in [-0.2, 0) is 11.3 Å². The first-order valence-corrected chi connectivity index (χ1v) is 9.64. The highest BCUT2D eigenvalue weighted by Crippen LogP contribution is 2.16. The number of aliphatic hydroxyl groups is 1. The van der Waals surface area contributed by atoms with E-state index in [9.17, 15) is 9.90 Å². The van der Waals surface area contributed by atoms with Crippen molar-refractivity contribution in [3.63, 3.8) is 0 Å². The summed E-state index contributed by atoms with van der Waals surface area (Å²) in [5.74, 6) is 0.577. The molecule has 0 saturated carbocycles. The predicted octanol–water partition coefficient (Wildman–Crippen LogP) is 0.145. The lowest BCUT2D eigenvalue weighted by atomic mass is 10.1. The fourth-order valence-corrected chi connectivity index (χ4v) is 3.74. The molecule has 8 heteroatoms. The summed E-state index contributed by atoms with van der Waals surface area (Å²) in [6, 6.07) is 5.48. The van der Waals surface area contributed by atoms with Gasteiger partial charge in [-0.2, -0.15) is 0 Å². The number of ether oxygens (including phenoxy) is 1. The van der Waals surface area contributed by atoms with E-state index in [2.05, 4.69) is 19.8 Å². The van der Waals surface area contributed by atoms with E-state index in [0.29, 0.717) is 11.4 Å². The molecule has 0 spiro atoms. The van der Waals surface area contributed by atoms with E-state index in [0.717, 1.165) is 76.6 Å². The Bertz CT molecular complexity index is 779. The number of nitrogens with zero attached hydrogens (tertiary/aromatic N) is 4. The first kappa shape index (κ1) is 18.4.